The molecule has 1 saturated heterocycles. The van der Waals surface area contributed by atoms with E-state index in [1.165, 1.54) is 0 Å². The van der Waals surface area contributed by atoms with Crippen molar-refractivity contribution in [3.8, 4) is 0 Å². The lowest BCUT2D eigenvalue weighted by Crippen LogP contribution is -2.47. The van der Waals surface area contributed by atoms with Crippen molar-refractivity contribution < 1.29 is 14.4 Å². The van der Waals surface area contributed by atoms with E-state index in [2.05, 4.69) is 9.88 Å². The summed E-state index contributed by atoms with van der Waals surface area (Å²) in [7, 11) is 2.04. The number of ketones is 2. The number of amides is 1. The number of likely N-dealkylation sites (N-methyl/N-ethyl adjacent to an activating group) is 1. The van der Waals surface area contributed by atoms with Gasteiger partial charge in [-0.1, -0.05) is 24.3 Å². The van der Waals surface area contributed by atoms with Crippen molar-refractivity contribution in [2.24, 2.45) is 0 Å². The van der Waals surface area contributed by atoms with Crippen molar-refractivity contribution in [2.45, 2.75) is 0 Å². The summed E-state index contributed by atoms with van der Waals surface area (Å²) in [5, 5.41) is 0.628. The Morgan fingerprint density at radius 2 is 1.61 bits per heavy atom. The highest BCUT2D eigenvalue weighted by molar-refractivity contribution is 6.32. The van der Waals surface area contributed by atoms with Crippen LogP contribution in [0.2, 0.25) is 0 Å². The number of hydrogen-bond acceptors (Lipinski definition) is 4. The van der Waals surface area contributed by atoms with Crippen LogP contribution in [0, 0.1) is 0 Å². The predicted octanol–water partition coefficient (Wildman–Crippen LogP) is 2.33. The van der Waals surface area contributed by atoms with Crippen molar-refractivity contribution in [2.75, 3.05) is 33.2 Å². The minimum Gasteiger partial charge on any atom is -0.351 e. The molecule has 1 aliphatic heterocycles. The van der Waals surface area contributed by atoms with Crippen LogP contribution in [-0.2, 0) is 0 Å². The fourth-order valence-corrected chi connectivity index (χ4v) is 4.07. The van der Waals surface area contributed by atoms with Crippen LogP contribution in [0.3, 0.4) is 0 Å². The Bertz CT molecular complexity index is 1150. The second kappa shape index (κ2) is 6.14. The molecule has 2 aliphatic rings. The standard InChI is InChI=1S/C22H19N3O3/c1-24-8-10-25(11-9-24)22(28)13-6-7-17-16(12-13)18-19(23-17)21(27)15-5-3-2-4-14(15)20(18)26/h2-7,12,23H,8-11H2,1H3. The first-order valence-corrected chi connectivity index (χ1v) is 9.36. The number of aromatic nitrogens is 1. The van der Waals surface area contributed by atoms with Gasteiger partial charge in [-0.05, 0) is 25.2 Å². The van der Waals surface area contributed by atoms with E-state index in [9.17, 15) is 14.4 Å². The molecule has 28 heavy (non-hydrogen) atoms. The molecule has 5 rings (SSSR count). The van der Waals surface area contributed by atoms with Crippen LogP contribution in [-0.4, -0.2) is 65.5 Å². The minimum absolute atomic E-state index is 0.0417. The summed E-state index contributed by atoms with van der Waals surface area (Å²) in [6.07, 6.45) is 0. The third-order valence-corrected chi connectivity index (χ3v) is 5.71. The van der Waals surface area contributed by atoms with Crippen LogP contribution < -0.4 is 0 Å². The summed E-state index contributed by atoms with van der Waals surface area (Å²) in [5.74, 6) is -0.408. The van der Waals surface area contributed by atoms with Crippen LogP contribution in [0.1, 0.15) is 42.3 Å². The van der Waals surface area contributed by atoms with Gasteiger partial charge in [-0.2, -0.15) is 0 Å². The van der Waals surface area contributed by atoms with Gasteiger partial charge in [0.1, 0.15) is 0 Å². The van der Waals surface area contributed by atoms with Crippen molar-refractivity contribution in [3.63, 3.8) is 0 Å². The van der Waals surface area contributed by atoms with Gasteiger partial charge in [0.25, 0.3) is 5.91 Å². The molecule has 140 valence electrons. The lowest BCUT2D eigenvalue weighted by Gasteiger charge is -2.32. The van der Waals surface area contributed by atoms with Crippen molar-refractivity contribution in [3.05, 3.63) is 70.4 Å². The second-order valence-corrected chi connectivity index (χ2v) is 7.43. The number of aromatic amines is 1. The normalized spacial score (nSPS) is 17.0. The maximum Gasteiger partial charge on any atom is 0.253 e. The molecule has 6 heteroatoms. The largest absolute Gasteiger partial charge is 0.351 e. The van der Waals surface area contributed by atoms with E-state index in [1.54, 1.807) is 42.5 Å². The third kappa shape index (κ3) is 2.42. The van der Waals surface area contributed by atoms with Crippen LogP contribution in [0.15, 0.2) is 42.5 Å². The Labute approximate surface area is 161 Å². The van der Waals surface area contributed by atoms with Gasteiger partial charge in [0.2, 0.25) is 5.78 Å². The monoisotopic (exact) mass is 373 g/mol. The zero-order valence-electron chi connectivity index (χ0n) is 15.5. The minimum atomic E-state index is -0.187. The molecule has 0 radical (unpaired) electrons. The number of carbonyl (C=O) groups is 3. The highest BCUT2D eigenvalue weighted by Crippen LogP contribution is 2.33. The molecule has 0 unspecified atom stereocenters. The van der Waals surface area contributed by atoms with Gasteiger partial charge < -0.3 is 14.8 Å². The van der Waals surface area contributed by atoms with Gasteiger partial charge in [-0.3, -0.25) is 14.4 Å². The Hall–Kier alpha value is -3.25. The predicted molar refractivity (Wildman–Crippen MR) is 105 cm³/mol. The van der Waals surface area contributed by atoms with E-state index in [0.29, 0.717) is 51.9 Å². The Kier molecular flexibility index (Phi) is 3.70. The molecule has 1 amide bonds. The molecule has 0 spiro atoms. The number of benzene rings is 2. The number of carbonyl (C=O) groups excluding carboxylic acids is 3. The number of fused-ring (bicyclic) bond motifs is 4. The molecule has 1 aliphatic carbocycles. The zero-order chi connectivity index (χ0) is 19.4. The second-order valence-electron chi connectivity index (χ2n) is 7.43. The lowest BCUT2D eigenvalue weighted by molar-refractivity contribution is 0.0664. The number of rotatable bonds is 1. The van der Waals surface area contributed by atoms with Crippen molar-refractivity contribution >= 4 is 28.4 Å². The highest BCUT2D eigenvalue weighted by Gasteiger charge is 2.33. The SMILES string of the molecule is CN1CCN(C(=O)c2ccc3[nH]c4c(c3c2)C(=O)c2ccccc2C4=O)CC1. The third-order valence-electron chi connectivity index (χ3n) is 5.71. The van der Waals surface area contributed by atoms with Crippen molar-refractivity contribution in [1.82, 2.24) is 14.8 Å². The molecule has 1 fully saturated rings. The van der Waals surface area contributed by atoms with E-state index in [0.717, 1.165) is 13.1 Å². The van der Waals surface area contributed by atoms with Crippen LogP contribution >= 0.6 is 0 Å². The molecule has 2 aromatic carbocycles. The molecule has 2 heterocycles. The summed E-state index contributed by atoms with van der Waals surface area (Å²) in [6, 6.07) is 12.1. The van der Waals surface area contributed by atoms with Crippen molar-refractivity contribution in [1.29, 1.82) is 0 Å². The maximum absolute atomic E-state index is 13.1. The fraction of sp³-hybridized carbons (Fsp3) is 0.227. The van der Waals surface area contributed by atoms with Crippen LogP contribution in [0.25, 0.3) is 10.9 Å². The number of hydrogen-bond donors (Lipinski definition) is 1. The quantitative estimate of drug-likeness (QED) is 0.556. The maximum atomic E-state index is 13.1. The average Bonchev–Trinajstić information content (AvgIpc) is 3.11. The van der Waals surface area contributed by atoms with Gasteiger partial charge in [0.15, 0.2) is 5.78 Å². The molecule has 3 aromatic rings. The molecule has 0 saturated carbocycles. The molecular weight excluding hydrogens is 354 g/mol. The topological polar surface area (TPSA) is 73.5 Å². The smallest absolute Gasteiger partial charge is 0.253 e. The van der Waals surface area contributed by atoms with E-state index in [1.807, 2.05) is 11.9 Å². The van der Waals surface area contributed by atoms with Crippen LogP contribution in [0.5, 0.6) is 0 Å². The summed E-state index contributed by atoms with van der Waals surface area (Å²) < 4.78 is 0. The van der Waals surface area contributed by atoms with E-state index < -0.39 is 0 Å². The number of piperazine rings is 1. The first-order chi connectivity index (χ1) is 13.5. The van der Waals surface area contributed by atoms with Gasteiger partial charge in [-0.15, -0.1) is 0 Å². The molecule has 0 bridgehead atoms. The lowest BCUT2D eigenvalue weighted by atomic mass is 9.87. The molecular formula is C22H19N3O3. The van der Waals surface area contributed by atoms with Gasteiger partial charge in [-0.25, -0.2) is 0 Å². The first kappa shape index (κ1) is 16.9. The fourth-order valence-electron chi connectivity index (χ4n) is 4.07. The number of H-pyrrole nitrogens is 1. The summed E-state index contributed by atoms with van der Waals surface area (Å²) in [4.78, 5) is 46.0. The van der Waals surface area contributed by atoms with E-state index in [-0.39, 0.29) is 17.5 Å². The molecule has 6 nitrogen and oxygen atoms in total. The first-order valence-electron chi connectivity index (χ1n) is 9.36. The summed E-state index contributed by atoms with van der Waals surface area (Å²) in [5.41, 5.74) is 2.74. The zero-order valence-corrected chi connectivity index (χ0v) is 15.5. The van der Waals surface area contributed by atoms with E-state index in [4.69, 9.17) is 0 Å². The van der Waals surface area contributed by atoms with Gasteiger partial charge in [0.05, 0.1) is 11.3 Å². The highest BCUT2D eigenvalue weighted by atomic mass is 16.2. The van der Waals surface area contributed by atoms with Gasteiger partial charge in [0, 0.05) is 53.8 Å². The average molecular weight is 373 g/mol. The van der Waals surface area contributed by atoms with Crippen LogP contribution in [0.4, 0.5) is 0 Å². The van der Waals surface area contributed by atoms with E-state index >= 15 is 0 Å². The Morgan fingerprint density at radius 3 is 2.32 bits per heavy atom. The Morgan fingerprint density at radius 1 is 0.929 bits per heavy atom. The molecule has 1 N–H and O–H groups in total. The summed E-state index contributed by atoms with van der Waals surface area (Å²) >= 11 is 0. The number of nitrogens with zero attached hydrogens (tertiary/aromatic N) is 2. The van der Waals surface area contributed by atoms with Gasteiger partial charge >= 0.3 is 0 Å². The molecule has 0 atom stereocenters. The summed E-state index contributed by atoms with van der Waals surface area (Å²) in [6.45, 7) is 3.06. The molecule has 1 aromatic heterocycles. The Balaban J connectivity index is 1.59. The number of nitrogens with one attached hydrogen (secondary N) is 1.